The molecule has 3 rings (SSSR count). The van der Waals surface area contributed by atoms with Crippen LogP contribution in [0.2, 0.25) is 5.02 Å². The van der Waals surface area contributed by atoms with Gasteiger partial charge in [-0.2, -0.15) is 4.98 Å². The Bertz CT molecular complexity index is 881. The molecule has 2 heterocycles. The second kappa shape index (κ2) is 8.01. The molecule has 9 heteroatoms. The molecule has 0 spiro atoms. The van der Waals surface area contributed by atoms with E-state index in [9.17, 15) is 0 Å². The molecule has 0 aliphatic carbocycles. The first kappa shape index (κ1) is 17.9. The normalized spacial score (nSPS) is 11.6. The van der Waals surface area contributed by atoms with Gasteiger partial charge < -0.3 is 19.7 Å². The highest BCUT2D eigenvalue weighted by Crippen LogP contribution is 2.18. The van der Waals surface area contributed by atoms with Gasteiger partial charge in [0.05, 0.1) is 12.2 Å². The van der Waals surface area contributed by atoms with Crippen LogP contribution in [0.4, 0.5) is 0 Å². The fraction of sp³-hybridized carbons (Fsp3) is 0.294. The second-order valence-corrected chi connectivity index (χ2v) is 6.04. The van der Waals surface area contributed by atoms with Crippen LogP contribution in [0.5, 0.6) is 0 Å². The van der Waals surface area contributed by atoms with E-state index in [1.807, 2.05) is 26.0 Å². The Morgan fingerprint density at radius 2 is 1.81 bits per heavy atom. The maximum Gasteiger partial charge on any atom is 0.246 e. The number of aromatic nitrogens is 3. The van der Waals surface area contributed by atoms with Crippen LogP contribution in [-0.2, 0) is 13.1 Å². The summed E-state index contributed by atoms with van der Waals surface area (Å²) < 4.78 is 10.4. The standard InChI is InChI=1S/C17H19ClN6O2/c1-10-14(11(2)25-23-10)8-20-17(19-3)21-9-15-22-16(24-26-15)12-4-6-13(18)7-5-12/h4-7H,8-9H2,1-3H3,(H2,19,20,21). The van der Waals surface area contributed by atoms with Crippen molar-refractivity contribution in [2.24, 2.45) is 4.99 Å². The number of aliphatic imine (C=N–C) groups is 1. The van der Waals surface area contributed by atoms with Gasteiger partial charge in [-0.1, -0.05) is 21.9 Å². The first-order valence-electron chi connectivity index (χ1n) is 8.01. The van der Waals surface area contributed by atoms with Crippen LogP contribution in [0.25, 0.3) is 11.4 Å². The Morgan fingerprint density at radius 1 is 1.08 bits per heavy atom. The molecule has 0 saturated heterocycles. The van der Waals surface area contributed by atoms with Crippen molar-refractivity contribution in [3.05, 3.63) is 52.2 Å². The molecule has 0 atom stereocenters. The fourth-order valence-corrected chi connectivity index (χ4v) is 2.48. The quantitative estimate of drug-likeness (QED) is 0.523. The third-order valence-electron chi connectivity index (χ3n) is 3.82. The molecule has 0 fully saturated rings. The molecule has 0 bridgehead atoms. The summed E-state index contributed by atoms with van der Waals surface area (Å²) in [5.41, 5.74) is 2.70. The van der Waals surface area contributed by atoms with Gasteiger partial charge in [-0.15, -0.1) is 0 Å². The number of hydrogen-bond acceptors (Lipinski definition) is 6. The minimum Gasteiger partial charge on any atom is -0.361 e. The highest BCUT2D eigenvalue weighted by molar-refractivity contribution is 6.30. The molecular weight excluding hydrogens is 356 g/mol. The zero-order valence-electron chi connectivity index (χ0n) is 14.7. The van der Waals surface area contributed by atoms with Gasteiger partial charge >= 0.3 is 0 Å². The van der Waals surface area contributed by atoms with Gasteiger partial charge in [0.25, 0.3) is 0 Å². The first-order chi connectivity index (χ1) is 12.6. The number of aryl methyl sites for hydroxylation is 2. The average molecular weight is 375 g/mol. The lowest BCUT2D eigenvalue weighted by Crippen LogP contribution is -2.36. The third-order valence-corrected chi connectivity index (χ3v) is 4.07. The van der Waals surface area contributed by atoms with E-state index >= 15 is 0 Å². The van der Waals surface area contributed by atoms with Crippen molar-refractivity contribution in [3.8, 4) is 11.4 Å². The fourth-order valence-electron chi connectivity index (χ4n) is 2.35. The predicted molar refractivity (Wildman–Crippen MR) is 97.8 cm³/mol. The van der Waals surface area contributed by atoms with Crippen LogP contribution < -0.4 is 10.6 Å². The summed E-state index contributed by atoms with van der Waals surface area (Å²) in [6.45, 7) is 4.69. The Balaban J connectivity index is 1.56. The highest BCUT2D eigenvalue weighted by Gasteiger charge is 2.11. The van der Waals surface area contributed by atoms with E-state index in [-0.39, 0.29) is 0 Å². The van der Waals surface area contributed by atoms with Crippen molar-refractivity contribution in [2.75, 3.05) is 7.05 Å². The van der Waals surface area contributed by atoms with Crippen molar-refractivity contribution in [1.29, 1.82) is 0 Å². The van der Waals surface area contributed by atoms with Crippen LogP contribution in [0.1, 0.15) is 22.9 Å². The summed E-state index contributed by atoms with van der Waals surface area (Å²) >= 11 is 5.89. The molecule has 136 valence electrons. The zero-order chi connectivity index (χ0) is 18.5. The molecule has 3 aromatic rings. The molecular formula is C17H19ClN6O2. The molecule has 2 N–H and O–H groups in total. The number of nitrogens with one attached hydrogen (secondary N) is 2. The Morgan fingerprint density at radius 3 is 2.46 bits per heavy atom. The summed E-state index contributed by atoms with van der Waals surface area (Å²) in [6.07, 6.45) is 0. The van der Waals surface area contributed by atoms with Crippen molar-refractivity contribution >= 4 is 17.6 Å². The van der Waals surface area contributed by atoms with E-state index in [4.69, 9.17) is 20.6 Å². The van der Waals surface area contributed by atoms with E-state index in [2.05, 4.69) is 30.9 Å². The molecule has 0 aliphatic heterocycles. The van der Waals surface area contributed by atoms with Crippen molar-refractivity contribution < 1.29 is 9.05 Å². The Kier molecular flexibility index (Phi) is 5.52. The van der Waals surface area contributed by atoms with Crippen molar-refractivity contribution in [1.82, 2.24) is 25.9 Å². The SMILES string of the molecule is CN=C(NCc1nc(-c2ccc(Cl)cc2)no1)NCc1c(C)noc1C. The van der Waals surface area contributed by atoms with Crippen LogP contribution in [0.15, 0.2) is 38.3 Å². The van der Waals surface area contributed by atoms with Crippen LogP contribution >= 0.6 is 11.6 Å². The molecule has 0 aliphatic rings. The molecule has 0 unspecified atom stereocenters. The molecule has 8 nitrogen and oxygen atoms in total. The molecule has 0 saturated carbocycles. The van der Waals surface area contributed by atoms with Crippen molar-refractivity contribution in [3.63, 3.8) is 0 Å². The summed E-state index contributed by atoms with van der Waals surface area (Å²) in [7, 11) is 1.69. The number of nitrogens with zero attached hydrogens (tertiary/aromatic N) is 4. The van der Waals surface area contributed by atoms with Crippen LogP contribution in [0, 0.1) is 13.8 Å². The first-order valence-corrected chi connectivity index (χ1v) is 8.39. The lowest BCUT2D eigenvalue weighted by Gasteiger charge is -2.10. The Labute approximate surface area is 155 Å². The maximum atomic E-state index is 5.89. The van der Waals surface area contributed by atoms with Gasteiger partial charge in [-0.3, -0.25) is 4.99 Å². The third kappa shape index (κ3) is 4.20. The molecule has 2 aromatic heterocycles. The van der Waals surface area contributed by atoms with Crippen LogP contribution in [0.3, 0.4) is 0 Å². The lowest BCUT2D eigenvalue weighted by molar-refractivity contribution is 0.375. The van der Waals surface area contributed by atoms with Gasteiger partial charge in [0.15, 0.2) is 5.96 Å². The molecule has 0 radical (unpaired) electrons. The minimum absolute atomic E-state index is 0.349. The van der Waals surface area contributed by atoms with Crippen molar-refractivity contribution in [2.45, 2.75) is 26.9 Å². The predicted octanol–water partition coefficient (Wildman–Crippen LogP) is 2.86. The lowest BCUT2D eigenvalue weighted by atomic mass is 10.2. The van der Waals surface area contributed by atoms with E-state index < -0.39 is 0 Å². The van der Waals surface area contributed by atoms with Gasteiger partial charge in [0, 0.05) is 29.7 Å². The number of rotatable bonds is 5. The summed E-state index contributed by atoms with van der Waals surface area (Å²) in [6, 6.07) is 7.25. The largest absolute Gasteiger partial charge is 0.361 e. The van der Waals surface area contributed by atoms with E-state index in [1.54, 1.807) is 19.2 Å². The monoisotopic (exact) mass is 374 g/mol. The summed E-state index contributed by atoms with van der Waals surface area (Å²) in [5.74, 6) is 2.36. The molecule has 26 heavy (non-hydrogen) atoms. The number of guanidine groups is 1. The molecule has 0 amide bonds. The van der Waals surface area contributed by atoms with Gasteiger partial charge in [-0.05, 0) is 38.1 Å². The van der Waals surface area contributed by atoms with Crippen LogP contribution in [-0.4, -0.2) is 28.3 Å². The molecule has 1 aromatic carbocycles. The zero-order valence-corrected chi connectivity index (χ0v) is 15.5. The summed E-state index contributed by atoms with van der Waals surface area (Å²) in [4.78, 5) is 8.54. The minimum atomic E-state index is 0.349. The van der Waals surface area contributed by atoms with Gasteiger partial charge in [-0.25, -0.2) is 0 Å². The average Bonchev–Trinajstić information content (AvgIpc) is 3.23. The second-order valence-electron chi connectivity index (χ2n) is 5.60. The van der Waals surface area contributed by atoms with Gasteiger partial charge in [0.2, 0.25) is 11.7 Å². The maximum absolute atomic E-state index is 5.89. The summed E-state index contributed by atoms with van der Waals surface area (Å²) in [5, 5.41) is 14.9. The Hall–Kier alpha value is -2.87. The highest BCUT2D eigenvalue weighted by atomic mass is 35.5. The number of halogens is 1. The topological polar surface area (TPSA) is 101 Å². The smallest absolute Gasteiger partial charge is 0.246 e. The number of hydrogen-bond donors (Lipinski definition) is 2. The number of benzene rings is 1. The van der Waals surface area contributed by atoms with Gasteiger partial charge in [0.1, 0.15) is 5.76 Å². The van der Waals surface area contributed by atoms with E-state index in [0.717, 1.165) is 22.6 Å². The van der Waals surface area contributed by atoms with E-state index in [0.29, 0.717) is 35.8 Å². The van der Waals surface area contributed by atoms with E-state index in [1.165, 1.54) is 0 Å².